The van der Waals surface area contributed by atoms with Gasteiger partial charge in [-0.15, -0.1) is 0 Å². The summed E-state index contributed by atoms with van der Waals surface area (Å²) in [5.74, 6) is 0.974. The second kappa shape index (κ2) is 7.45. The van der Waals surface area contributed by atoms with Crippen LogP contribution in [0.4, 0.5) is 5.82 Å². The van der Waals surface area contributed by atoms with Crippen LogP contribution in [0.15, 0.2) is 43.0 Å². The minimum Gasteiger partial charge on any atom is -0.379 e. The molecule has 2 aromatic rings. The monoisotopic (exact) mass is 339 g/mol. The molecule has 0 aromatic carbocycles. The number of piperidine rings is 1. The molecular formula is C19H25N5O. The van der Waals surface area contributed by atoms with Crippen LogP contribution in [0.25, 0.3) is 0 Å². The SMILES string of the molecule is c1ccc(CN2CCOCC3(CCCN(c4cnccn4)C3)C2)nc1. The summed E-state index contributed by atoms with van der Waals surface area (Å²) in [6, 6.07) is 6.13. The third-order valence-corrected chi connectivity index (χ3v) is 5.17. The molecule has 6 nitrogen and oxygen atoms in total. The summed E-state index contributed by atoms with van der Waals surface area (Å²) in [4.78, 5) is 18.1. The van der Waals surface area contributed by atoms with Gasteiger partial charge in [-0.2, -0.15) is 0 Å². The van der Waals surface area contributed by atoms with Gasteiger partial charge in [0, 0.05) is 56.7 Å². The van der Waals surface area contributed by atoms with E-state index in [9.17, 15) is 0 Å². The summed E-state index contributed by atoms with van der Waals surface area (Å²) in [5.41, 5.74) is 1.28. The Hall–Kier alpha value is -2.05. The molecule has 0 radical (unpaired) electrons. The summed E-state index contributed by atoms with van der Waals surface area (Å²) in [6.45, 7) is 6.52. The molecule has 25 heavy (non-hydrogen) atoms. The van der Waals surface area contributed by atoms with E-state index in [1.165, 1.54) is 6.42 Å². The number of pyridine rings is 1. The highest BCUT2D eigenvalue weighted by Gasteiger charge is 2.39. The second-order valence-corrected chi connectivity index (χ2v) is 7.17. The summed E-state index contributed by atoms with van der Waals surface area (Å²) in [5, 5.41) is 0. The third-order valence-electron chi connectivity index (χ3n) is 5.17. The van der Waals surface area contributed by atoms with Crippen molar-refractivity contribution in [3.63, 3.8) is 0 Å². The van der Waals surface area contributed by atoms with Crippen LogP contribution in [0.2, 0.25) is 0 Å². The van der Waals surface area contributed by atoms with Gasteiger partial charge in [0.25, 0.3) is 0 Å². The lowest BCUT2D eigenvalue weighted by Crippen LogP contribution is -2.50. The Morgan fingerprint density at radius 2 is 2.08 bits per heavy atom. The lowest BCUT2D eigenvalue weighted by molar-refractivity contribution is 0.0555. The lowest BCUT2D eigenvalue weighted by Gasteiger charge is -2.44. The highest BCUT2D eigenvalue weighted by molar-refractivity contribution is 5.36. The second-order valence-electron chi connectivity index (χ2n) is 7.17. The molecule has 4 heterocycles. The smallest absolute Gasteiger partial charge is 0.147 e. The molecule has 6 heteroatoms. The number of nitrogens with zero attached hydrogens (tertiary/aromatic N) is 5. The predicted molar refractivity (Wildman–Crippen MR) is 96.2 cm³/mol. The Bertz CT molecular complexity index is 668. The Kier molecular flexibility index (Phi) is 4.90. The van der Waals surface area contributed by atoms with Gasteiger partial charge in [-0.3, -0.25) is 14.9 Å². The summed E-state index contributed by atoms with van der Waals surface area (Å²) in [7, 11) is 0. The molecule has 1 spiro atoms. The normalized spacial score (nSPS) is 25.0. The number of hydrogen-bond donors (Lipinski definition) is 0. The van der Waals surface area contributed by atoms with Crippen LogP contribution in [-0.2, 0) is 11.3 Å². The first-order valence-corrected chi connectivity index (χ1v) is 9.04. The first-order valence-electron chi connectivity index (χ1n) is 9.04. The van der Waals surface area contributed by atoms with Crippen molar-refractivity contribution >= 4 is 5.82 Å². The molecule has 2 aromatic heterocycles. The molecule has 0 bridgehead atoms. The van der Waals surface area contributed by atoms with E-state index in [0.717, 1.165) is 63.9 Å². The molecule has 0 N–H and O–H groups in total. The molecular weight excluding hydrogens is 314 g/mol. The van der Waals surface area contributed by atoms with Crippen LogP contribution in [0.1, 0.15) is 18.5 Å². The maximum absolute atomic E-state index is 6.02. The zero-order chi connectivity index (χ0) is 17.0. The molecule has 2 fully saturated rings. The van der Waals surface area contributed by atoms with Gasteiger partial charge < -0.3 is 9.64 Å². The quantitative estimate of drug-likeness (QED) is 0.852. The highest BCUT2D eigenvalue weighted by Crippen LogP contribution is 2.34. The largest absolute Gasteiger partial charge is 0.379 e. The van der Waals surface area contributed by atoms with Crippen LogP contribution in [0, 0.1) is 5.41 Å². The fourth-order valence-corrected chi connectivity index (χ4v) is 4.04. The zero-order valence-electron chi connectivity index (χ0n) is 14.5. The Morgan fingerprint density at radius 1 is 1.08 bits per heavy atom. The minimum absolute atomic E-state index is 0.154. The van der Waals surface area contributed by atoms with Crippen LogP contribution in [0.5, 0.6) is 0 Å². The molecule has 1 unspecified atom stereocenters. The van der Waals surface area contributed by atoms with Gasteiger partial charge in [0.05, 0.1) is 25.1 Å². The number of hydrogen-bond acceptors (Lipinski definition) is 6. The van der Waals surface area contributed by atoms with E-state index in [1.54, 1.807) is 12.4 Å². The van der Waals surface area contributed by atoms with Gasteiger partial charge in [-0.05, 0) is 25.0 Å². The summed E-state index contributed by atoms with van der Waals surface area (Å²) < 4.78 is 6.02. The van der Waals surface area contributed by atoms with Gasteiger partial charge in [-0.1, -0.05) is 6.07 Å². The number of rotatable bonds is 3. The molecule has 0 aliphatic carbocycles. The van der Waals surface area contributed by atoms with Crippen molar-refractivity contribution in [3.05, 3.63) is 48.7 Å². The van der Waals surface area contributed by atoms with Gasteiger partial charge >= 0.3 is 0 Å². The number of ether oxygens (including phenoxy) is 1. The molecule has 2 aliphatic rings. The highest BCUT2D eigenvalue weighted by atomic mass is 16.5. The van der Waals surface area contributed by atoms with E-state index in [1.807, 2.05) is 18.5 Å². The van der Waals surface area contributed by atoms with E-state index in [2.05, 4.69) is 36.9 Å². The van der Waals surface area contributed by atoms with Crippen molar-refractivity contribution in [1.29, 1.82) is 0 Å². The average molecular weight is 339 g/mol. The Labute approximate surface area is 148 Å². The van der Waals surface area contributed by atoms with Crippen molar-refractivity contribution < 1.29 is 4.74 Å². The van der Waals surface area contributed by atoms with E-state index in [0.29, 0.717) is 0 Å². The van der Waals surface area contributed by atoms with Crippen molar-refractivity contribution in [3.8, 4) is 0 Å². The van der Waals surface area contributed by atoms with E-state index in [-0.39, 0.29) is 5.41 Å². The van der Waals surface area contributed by atoms with Crippen LogP contribution < -0.4 is 4.90 Å². The van der Waals surface area contributed by atoms with Gasteiger partial charge in [0.2, 0.25) is 0 Å². The lowest BCUT2D eigenvalue weighted by atomic mass is 9.80. The van der Waals surface area contributed by atoms with E-state index < -0.39 is 0 Å². The summed E-state index contributed by atoms with van der Waals surface area (Å²) >= 11 is 0. The predicted octanol–water partition coefficient (Wildman–Crippen LogP) is 1.99. The number of anilines is 1. The molecule has 0 saturated carbocycles. The molecule has 4 rings (SSSR count). The van der Waals surface area contributed by atoms with Gasteiger partial charge in [-0.25, -0.2) is 4.98 Å². The molecule has 2 saturated heterocycles. The summed E-state index contributed by atoms with van der Waals surface area (Å²) in [6.07, 6.45) is 9.60. The van der Waals surface area contributed by atoms with Crippen LogP contribution in [-0.4, -0.2) is 59.2 Å². The Morgan fingerprint density at radius 3 is 2.92 bits per heavy atom. The topological polar surface area (TPSA) is 54.4 Å². The molecule has 0 amide bonds. The van der Waals surface area contributed by atoms with Crippen molar-refractivity contribution in [2.45, 2.75) is 19.4 Å². The van der Waals surface area contributed by atoms with Gasteiger partial charge in [0.15, 0.2) is 0 Å². The van der Waals surface area contributed by atoms with E-state index in [4.69, 9.17) is 4.74 Å². The molecule has 1 atom stereocenters. The van der Waals surface area contributed by atoms with Crippen LogP contribution in [0.3, 0.4) is 0 Å². The standard InChI is InChI=1S/C19H25N5O/c1-2-6-21-17(4-1)13-23-10-11-25-16-19(14-23)5-3-9-24(15-19)18-12-20-7-8-22-18/h1-2,4,6-8,12H,3,5,9-11,13-16H2. The molecule has 2 aliphatic heterocycles. The molecule has 132 valence electrons. The zero-order valence-corrected chi connectivity index (χ0v) is 14.5. The van der Waals surface area contributed by atoms with Crippen LogP contribution >= 0.6 is 0 Å². The fourth-order valence-electron chi connectivity index (χ4n) is 4.04. The fraction of sp³-hybridized carbons (Fsp3) is 0.526. The maximum atomic E-state index is 6.02. The first-order chi connectivity index (χ1) is 12.3. The van der Waals surface area contributed by atoms with Gasteiger partial charge in [0.1, 0.15) is 5.82 Å². The number of aromatic nitrogens is 3. The van der Waals surface area contributed by atoms with E-state index >= 15 is 0 Å². The third kappa shape index (κ3) is 3.96. The van der Waals surface area contributed by atoms with Crippen molar-refractivity contribution in [1.82, 2.24) is 19.9 Å². The minimum atomic E-state index is 0.154. The van der Waals surface area contributed by atoms with Crippen molar-refractivity contribution in [2.75, 3.05) is 44.3 Å². The Balaban J connectivity index is 1.49. The average Bonchev–Trinajstić information content (AvgIpc) is 2.85. The van der Waals surface area contributed by atoms with Crippen molar-refractivity contribution in [2.24, 2.45) is 5.41 Å². The first kappa shape index (κ1) is 16.4. The maximum Gasteiger partial charge on any atom is 0.147 e.